The van der Waals surface area contributed by atoms with Crippen molar-refractivity contribution in [3.63, 3.8) is 0 Å². The van der Waals surface area contributed by atoms with E-state index in [1.54, 1.807) is 6.33 Å². The molecule has 0 amide bonds. The Morgan fingerprint density at radius 1 is 1.22 bits per heavy atom. The summed E-state index contributed by atoms with van der Waals surface area (Å²) in [5, 5.41) is 1.34. The van der Waals surface area contributed by atoms with Crippen molar-refractivity contribution in [2.24, 2.45) is 0 Å². The first-order chi connectivity index (χ1) is 11.4. The van der Waals surface area contributed by atoms with Crippen LogP contribution in [0, 0.1) is 0 Å². The van der Waals surface area contributed by atoms with Crippen molar-refractivity contribution in [1.82, 2.24) is 19.5 Å². The molecule has 1 aliphatic heterocycles. The molecular formula is C17H19N5S. The standard InChI is InChI=1S/C17H19N5S/c1-4-13-14(5-1)23-17-15(13)16(19-10-20-17)22-7-2-3-12(22)9-21-8-6-18-11-21/h6,8,10-12H,1-5,7,9H2. The molecule has 1 saturated heterocycles. The number of hydrogen-bond donors (Lipinski definition) is 0. The largest absolute Gasteiger partial charge is 0.351 e. The van der Waals surface area contributed by atoms with Gasteiger partial charge in [-0.3, -0.25) is 0 Å². The maximum atomic E-state index is 4.71. The third-order valence-corrected chi connectivity index (χ3v) is 6.31. The highest BCUT2D eigenvalue weighted by atomic mass is 32.1. The van der Waals surface area contributed by atoms with Crippen molar-refractivity contribution in [1.29, 1.82) is 0 Å². The summed E-state index contributed by atoms with van der Waals surface area (Å²) in [6, 6.07) is 0.499. The Kier molecular flexibility index (Phi) is 3.11. The van der Waals surface area contributed by atoms with E-state index in [0.717, 1.165) is 18.9 Å². The zero-order chi connectivity index (χ0) is 15.2. The highest BCUT2D eigenvalue weighted by molar-refractivity contribution is 7.19. The summed E-state index contributed by atoms with van der Waals surface area (Å²) in [6.07, 6.45) is 13.7. The second kappa shape index (κ2) is 5.30. The molecular weight excluding hydrogens is 306 g/mol. The summed E-state index contributed by atoms with van der Waals surface area (Å²) < 4.78 is 2.18. The van der Waals surface area contributed by atoms with Crippen molar-refractivity contribution in [3.8, 4) is 0 Å². The molecule has 118 valence electrons. The van der Waals surface area contributed by atoms with Gasteiger partial charge in [0.1, 0.15) is 17.0 Å². The maximum absolute atomic E-state index is 4.71. The minimum atomic E-state index is 0.499. The van der Waals surface area contributed by atoms with Crippen LogP contribution in [0.1, 0.15) is 29.7 Å². The highest BCUT2D eigenvalue weighted by Gasteiger charge is 2.30. The molecule has 0 bridgehead atoms. The summed E-state index contributed by atoms with van der Waals surface area (Å²) in [6.45, 7) is 2.08. The van der Waals surface area contributed by atoms with Gasteiger partial charge >= 0.3 is 0 Å². The quantitative estimate of drug-likeness (QED) is 0.742. The normalized spacial score (nSPS) is 20.5. The van der Waals surface area contributed by atoms with Crippen LogP contribution < -0.4 is 4.90 Å². The van der Waals surface area contributed by atoms with Crippen LogP contribution in [0.3, 0.4) is 0 Å². The Morgan fingerprint density at radius 2 is 2.22 bits per heavy atom. The number of nitrogens with zero attached hydrogens (tertiary/aromatic N) is 5. The molecule has 2 aliphatic rings. The molecule has 3 aromatic rings. The number of imidazole rings is 1. The van der Waals surface area contributed by atoms with E-state index in [-0.39, 0.29) is 0 Å². The van der Waals surface area contributed by atoms with Gasteiger partial charge in [-0.25, -0.2) is 15.0 Å². The molecule has 0 N–H and O–H groups in total. The molecule has 0 saturated carbocycles. The number of aromatic nitrogens is 4. The predicted octanol–water partition coefficient (Wildman–Crippen LogP) is 3.05. The molecule has 1 aliphatic carbocycles. The van der Waals surface area contributed by atoms with Gasteiger partial charge in [0.25, 0.3) is 0 Å². The lowest BCUT2D eigenvalue weighted by atomic mass is 10.1. The van der Waals surface area contributed by atoms with Crippen LogP contribution >= 0.6 is 11.3 Å². The van der Waals surface area contributed by atoms with Gasteiger partial charge in [-0.1, -0.05) is 0 Å². The number of hydrogen-bond acceptors (Lipinski definition) is 5. The Labute approximate surface area is 139 Å². The fraction of sp³-hybridized carbons (Fsp3) is 0.471. The molecule has 0 radical (unpaired) electrons. The number of aryl methyl sites for hydroxylation is 2. The van der Waals surface area contributed by atoms with Crippen LogP contribution in [0.5, 0.6) is 0 Å². The smallest absolute Gasteiger partial charge is 0.141 e. The first kappa shape index (κ1) is 13.5. The van der Waals surface area contributed by atoms with E-state index < -0.39 is 0 Å². The van der Waals surface area contributed by atoms with Gasteiger partial charge in [0.2, 0.25) is 0 Å². The molecule has 1 unspecified atom stereocenters. The van der Waals surface area contributed by atoms with Crippen LogP contribution in [0.15, 0.2) is 25.0 Å². The van der Waals surface area contributed by atoms with Gasteiger partial charge in [0, 0.05) is 36.4 Å². The number of anilines is 1. The van der Waals surface area contributed by atoms with Crippen LogP contribution in [-0.4, -0.2) is 32.1 Å². The molecule has 5 rings (SSSR count). The molecule has 0 aromatic carbocycles. The van der Waals surface area contributed by atoms with Gasteiger partial charge in [-0.05, 0) is 37.7 Å². The van der Waals surface area contributed by atoms with Crippen molar-refractivity contribution in [2.75, 3.05) is 11.4 Å². The van der Waals surface area contributed by atoms with Crippen molar-refractivity contribution >= 4 is 27.4 Å². The van der Waals surface area contributed by atoms with Crippen molar-refractivity contribution in [3.05, 3.63) is 35.5 Å². The molecule has 1 fully saturated rings. The topological polar surface area (TPSA) is 46.8 Å². The van der Waals surface area contributed by atoms with Gasteiger partial charge in [0.15, 0.2) is 0 Å². The lowest BCUT2D eigenvalue weighted by Crippen LogP contribution is -2.33. The van der Waals surface area contributed by atoms with E-state index in [1.807, 2.05) is 30.1 Å². The monoisotopic (exact) mass is 325 g/mol. The van der Waals surface area contributed by atoms with E-state index in [0.29, 0.717) is 6.04 Å². The Hall–Kier alpha value is -1.95. The third-order valence-electron chi connectivity index (χ3n) is 5.11. The average molecular weight is 325 g/mol. The van der Waals surface area contributed by atoms with Crippen LogP contribution in [-0.2, 0) is 19.4 Å². The minimum absolute atomic E-state index is 0.499. The zero-order valence-electron chi connectivity index (χ0n) is 13.0. The Balaban J connectivity index is 1.56. The third kappa shape index (κ3) is 2.16. The fourth-order valence-electron chi connectivity index (χ4n) is 4.07. The summed E-state index contributed by atoms with van der Waals surface area (Å²) in [7, 11) is 0. The summed E-state index contributed by atoms with van der Waals surface area (Å²) in [5.41, 5.74) is 1.52. The van der Waals surface area contributed by atoms with Gasteiger partial charge < -0.3 is 9.47 Å². The molecule has 1 atom stereocenters. The van der Waals surface area contributed by atoms with Gasteiger partial charge in [-0.2, -0.15) is 0 Å². The van der Waals surface area contributed by atoms with E-state index in [9.17, 15) is 0 Å². The molecule has 23 heavy (non-hydrogen) atoms. The lowest BCUT2D eigenvalue weighted by Gasteiger charge is -2.26. The molecule has 5 nitrogen and oxygen atoms in total. The lowest BCUT2D eigenvalue weighted by molar-refractivity contribution is 0.548. The number of rotatable bonds is 3. The summed E-state index contributed by atoms with van der Waals surface area (Å²) in [5.74, 6) is 1.16. The Bertz CT molecular complexity index is 838. The second-order valence-corrected chi connectivity index (χ2v) is 7.57. The molecule has 3 aromatic heterocycles. The maximum Gasteiger partial charge on any atom is 0.141 e. The van der Waals surface area contributed by atoms with Gasteiger partial charge in [0.05, 0.1) is 11.7 Å². The fourth-order valence-corrected chi connectivity index (χ4v) is 5.30. The van der Waals surface area contributed by atoms with Crippen molar-refractivity contribution < 1.29 is 0 Å². The first-order valence-electron chi connectivity index (χ1n) is 8.38. The van der Waals surface area contributed by atoms with Crippen molar-refractivity contribution in [2.45, 2.75) is 44.7 Å². The summed E-state index contributed by atoms with van der Waals surface area (Å²) >= 11 is 1.87. The zero-order valence-corrected chi connectivity index (χ0v) is 13.8. The summed E-state index contributed by atoms with van der Waals surface area (Å²) in [4.78, 5) is 18.6. The van der Waals surface area contributed by atoms with E-state index >= 15 is 0 Å². The van der Waals surface area contributed by atoms with E-state index in [1.165, 1.54) is 52.8 Å². The second-order valence-electron chi connectivity index (χ2n) is 6.48. The molecule has 6 heteroatoms. The minimum Gasteiger partial charge on any atom is -0.351 e. The SMILES string of the molecule is c1cn(CC2CCCN2c2ncnc3sc4c(c23)CCC4)cn1. The van der Waals surface area contributed by atoms with Crippen LogP contribution in [0.25, 0.3) is 10.2 Å². The number of fused-ring (bicyclic) bond motifs is 3. The molecule has 4 heterocycles. The molecule has 0 spiro atoms. The average Bonchev–Trinajstić information content (AvgIpc) is 3.31. The van der Waals surface area contributed by atoms with Crippen LogP contribution in [0.4, 0.5) is 5.82 Å². The number of thiophene rings is 1. The Morgan fingerprint density at radius 3 is 3.13 bits per heavy atom. The van der Waals surface area contributed by atoms with Gasteiger partial charge in [-0.15, -0.1) is 11.3 Å². The first-order valence-corrected chi connectivity index (χ1v) is 9.19. The highest BCUT2D eigenvalue weighted by Crippen LogP contribution is 2.41. The predicted molar refractivity (Wildman–Crippen MR) is 92.0 cm³/mol. The van der Waals surface area contributed by atoms with E-state index in [2.05, 4.69) is 19.4 Å². The van der Waals surface area contributed by atoms with E-state index in [4.69, 9.17) is 4.98 Å². The van der Waals surface area contributed by atoms with Crippen LogP contribution in [0.2, 0.25) is 0 Å².